The Hall–Kier alpha value is -1.87. The minimum absolute atomic E-state index is 0.690. The Morgan fingerprint density at radius 1 is 1.11 bits per heavy atom. The summed E-state index contributed by atoms with van der Waals surface area (Å²) in [5, 5.41) is 0. The van der Waals surface area contributed by atoms with Crippen molar-refractivity contribution in [3.05, 3.63) is 54.2 Å². The summed E-state index contributed by atoms with van der Waals surface area (Å²) in [6, 6.07) is 14.4. The molecule has 94 valence electrons. The van der Waals surface area contributed by atoms with Crippen molar-refractivity contribution in [1.82, 2.24) is 4.98 Å². The number of aromatic nitrogens is 1. The Kier molecular flexibility index (Phi) is 4.31. The molecule has 3 heteroatoms. The van der Waals surface area contributed by atoms with Gasteiger partial charge in [-0.05, 0) is 44.2 Å². The zero-order chi connectivity index (χ0) is 12.8. The lowest BCUT2D eigenvalue weighted by atomic mass is 10.2. The van der Waals surface area contributed by atoms with E-state index in [-0.39, 0.29) is 0 Å². The van der Waals surface area contributed by atoms with Crippen LogP contribution in [0.1, 0.15) is 12.0 Å². The van der Waals surface area contributed by atoms with Gasteiger partial charge in [0.05, 0.1) is 0 Å². The third kappa shape index (κ3) is 3.08. The number of aryl methyl sites for hydroxylation is 1. The van der Waals surface area contributed by atoms with E-state index >= 15 is 0 Å². The molecule has 0 aliphatic rings. The van der Waals surface area contributed by atoms with Gasteiger partial charge in [0.1, 0.15) is 5.82 Å². The molecule has 0 saturated heterocycles. The van der Waals surface area contributed by atoms with E-state index in [0.717, 1.165) is 24.5 Å². The second-order valence-corrected chi connectivity index (χ2v) is 4.32. The van der Waals surface area contributed by atoms with Crippen LogP contribution in [-0.2, 0) is 0 Å². The fraction of sp³-hybridized carbons (Fsp3) is 0.267. The zero-order valence-corrected chi connectivity index (χ0v) is 10.7. The number of anilines is 2. The van der Waals surface area contributed by atoms with Gasteiger partial charge in [0.15, 0.2) is 0 Å². The van der Waals surface area contributed by atoms with Crippen molar-refractivity contribution in [1.29, 1.82) is 0 Å². The maximum Gasteiger partial charge on any atom is 0.132 e. The van der Waals surface area contributed by atoms with Crippen LogP contribution in [-0.4, -0.2) is 18.1 Å². The lowest BCUT2D eigenvalue weighted by Crippen LogP contribution is -2.21. The highest BCUT2D eigenvalue weighted by molar-refractivity contribution is 5.59. The van der Waals surface area contributed by atoms with Crippen LogP contribution >= 0.6 is 0 Å². The molecule has 0 radical (unpaired) electrons. The third-order valence-corrected chi connectivity index (χ3v) is 2.86. The summed E-state index contributed by atoms with van der Waals surface area (Å²) in [7, 11) is 0. The minimum Gasteiger partial charge on any atom is -0.330 e. The van der Waals surface area contributed by atoms with Crippen LogP contribution in [0.25, 0.3) is 0 Å². The molecule has 1 aromatic heterocycles. The van der Waals surface area contributed by atoms with Gasteiger partial charge in [-0.3, -0.25) is 0 Å². The van der Waals surface area contributed by atoms with Crippen molar-refractivity contribution in [3.63, 3.8) is 0 Å². The first-order valence-electron chi connectivity index (χ1n) is 6.26. The molecular formula is C15H19N3. The Bertz CT molecular complexity index is 465. The molecular weight excluding hydrogens is 222 g/mol. The lowest BCUT2D eigenvalue weighted by Gasteiger charge is -2.23. The van der Waals surface area contributed by atoms with Crippen LogP contribution in [0.15, 0.2) is 48.7 Å². The Morgan fingerprint density at radius 3 is 2.50 bits per heavy atom. The summed E-state index contributed by atoms with van der Waals surface area (Å²) in [6.07, 6.45) is 2.77. The second-order valence-electron chi connectivity index (χ2n) is 4.32. The molecule has 0 unspecified atom stereocenters. The fourth-order valence-electron chi connectivity index (χ4n) is 1.86. The molecule has 2 rings (SSSR count). The van der Waals surface area contributed by atoms with Crippen LogP contribution in [0.4, 0.5) is 11.5 Å². The number of hydrogen-bond acceptors (Lipinski definition) is 3. The van der Waals surface area contributed by atoms with Gasteiger partial charge in [-0.2, -0.15) is 0 Å². The average Bonchev–Trinajstić information content (AvgIpc) is 2.42. The number of nitrogens with two attached hydrogens (primary N) is 1. The van der Waals surface area contributed by atoms with Crippen molar-refractivity contribution in [2.75, 3.05) is 18.0 Å². The molecule has 0 aliphatic carbocycles. The van der Waals surface area contributed by atoms with E-state index in [1.54, 1.807) is 0 Å². The minimum atomic E-state index is 0.690. The van der Waals surface area contributed by atoms with E-state index in [1.807, 2.05) is 24.4 Å². The van der Waals surface area contributed by atoms with Gasteiger partial charge in [-0.25, -0.2) is 4.98 Å². The number of pyridine rings is 1. The predicted molar refractivity (Wildman–Crippen MR) is 76.1 cm³/mol. The molecule has 0 saturated carbocycles. The second kappa shape index (κ2) is 6.17. The quantitative estimate of drug-likeness (QED) is 0.875. The maximum absolute atomic E-state index is 5.61. The van der Waals surface area contributed by atoms with Crippen LogP contribution < -0.4 is 10.6 Å². The summed E-state index contributed by atoms with van der Waals surface area (Å²) in [5.74, 6) is 0.967. The topological polar surface area (TPSA) is 42.1 Å². The van der Waals surface area contributed by atoms with Crippen LogP contribution in [0.5, 0.6) is 0 Å². The molecule has 0 aliphatic heterocycles. The predicted octanol–water partition coefficient (Wildman–Crippen LogP) is 2.88. The number of benzene rings is 1. The highest BCUT2D eigenvalue weighted by atomic mass is 15.2. The first kappa shape index (κ1) is 12.6. The fourth-order valence-corrected chi connectivity index (χ4v) is 1.86. The standard InChI is InChI=1S/C15H19N3/c1-13-6-8-14(9-7-13)18(12-4-10-16)15-5-2-3-11-17-15/h2-3,5-9,11H,4,10,12,16H2,1H3. The van der Waals surface area contributed by atoms with E-state index in [0.29, 0.717) is 6.54 Å². The lowest BCUT2D eigenvalue weighted by molar-refractivity contribution is 0.810. The van der Waals surface area contributed by atoms with Gasteiger partial charge >= 0.3 is 0 Å². The molecule has 1 aromatic carbocycles. The molecule has 0 bridgehead atoms. The number of nitrogens with zero attached hydrogens (tertiary/aromatic N) is 2. The normalized spacial score (nSPS) is 10.3. The highest BCUT2D eigenvalue weighted by Crippen LogP contribution is 2.23. The number of rotatable bonds is 5. The first-order chi connectivity index (χ1) is 8.81. The van der Waals surface area contributed by atoms with Crippen molar-refractivity contribution in [2.45, 2.75) is 13.3 Å². The maximum atomic E-state index is 5.61. The van der Waals surface area contributed by atoms with Crippen LogP contribution in [0.3, 0.4) is 0 Å². The van der Waals surface area contributed by atoms with Crippen molar-refractivity contribution >= 4 is 11.5 Å². The Labute approximate surface area is 108 Å². The Morgan fingerprint density at radius 2 is 1.89 bits per heavy atom. The van der Waals surface area contributed by atoms with E-state index in [4.69, 9.17) is 5.73 Å². The van der Waals surface area contributed by atoms with Gasteiger partial charge in [-0.1, -0.05) is 23.8 Å². The summed E-state index contributed by atoms with van der Waals surface area (Å²) >= 11 is 0. The third-order valence-electron chi connectivity index (χ3n) is 2.86. The molecule has 2 N–H and O–H groups in total. The van der Waals surface area contributed by atoms with Crippen LogP contribution in [0, 0.1) is 6.92 Å². The van der Waals surface area contributed by atoms with E-state index in [1.165, 1.54) is 5.56 Å². The van der Waals surface area contributed by atoms with Gasteiger partial charge in [0.25, 0.3) is 0 Å². The van der Waals surface area contributed by atoms with Crippen molar-refractivity contribution in [3.8, 4) is 0 Å². The molecule has 0 amide bonds. The molecule has 0 atom stereocenters. The smallest absolute Gasteiger partial charge is 0.132 e. The van der Waals surface area contributed by atoms with Crippen molar-refractivity contribution in [2.24, 2.45) is 5.73 Å². The van der Waals surface area contributed by atoms with Gasteiger partial charge in [-0.15, -0.1) is 0 Å². The first-order valence-corrected chi connectivity index (χ1v) is 6.26. The SMILES string of the molecule is Cc1ccc(N(CCCN)c2ccccn2)cc1. The Balaban J connectivity index is 2.27. The average molecular weight is 241 g/mol. The summed E-state index contributed by atoms with van der Waals surface area (Å²) in [4.78, 5) is 6.62. The van der Waals surface area contributed by atoms with E-state index in [2.05, 4.69) is 41.1 Å². The monoisotopic (exact) mass is 241 g/mol. The summed E-state index contributed by atoms with van der Waals surface area (Å²) in [6.45, 7) is 3.67. The zero-order valence-electron chi connectivity index (χ0n) is 10.7. The molecule has 3 nitrogen and oxygen atoms in total. The van der Waals surface area contributed by atoms with Crippen LogP contribution in [0.2, 0.25) is 0 Å². The van der Waals surface area contributed by atoms with Gasteiger partial charge in [0, 0.05) is 18.4 Å². The van der Waals surface area contributed by atoms with Gasteiger partial charge in [0.2, 0.25) is 0 Å². The van der Waals surface area contributed by atoms with E-state index < -0.39 is 0 Å². The molecule has 1 heterocycles. The molecule has 2 aromatic rings. The molecule has 18 heavy (non-hydrogen) atoms. The molecule has 0 spiro atoms. The van der Waals surface area contributed by atoms with E-state index in [9.17, 15) is 0 Å². The summed E-state index contributed by atoms with van der Waals surface area (Å²) in [5.41, 5.74) is 8.03. The highest BCUT2D eigenvalue weighted by Gasteiger charge is 2.09. The molecule has 0 fully saturated rings. The number of hydrogen-bond donors (Lipinski definition) is 1. The van der Waals surface area contributed by atoms with Crippen molar-refractivity contribution < 1.29 is 0 Å². The largest absolute Gasteiger partial charge is 0.330 e. The van der Waals surface area contributed by atoms with Gasteiger partial charge < -0.3 is 10.6 Å². The summed E-state index contributed by atoms with van der Waals surface area (Å²) < 4.78 is 0.